The number of rotatable bonds is 5. The molecule has 0 fully saturated rings. The number of benzene rings is 1. The largest absolute Gasteiger partial charge is 0.207 e. The van der Waals surface area contributed by atoms with Crippen molar-refractivity contribution in [2.75, 3.05) is 10.7 Å². The lowest BCUT2D eigenvalue weighted by atomic mass is 9.81. The number of alkyl halides is 2. The van der Waals surface area contributed by atoms with Crippen LogP contribution in [0.4, 0.5) is 4.39 Å². The summed E-state index contributed by atoms with van der Waals surface area (Å²) >= 11 is 7.05. The van der Waals surface area contributed by atoms with Gasteiger partial charge in [-0.15, -0.1) is 10.2 Å². The van der Waals surface area contributed by atoms with Crippen molar-refractivity contribution in [2.24, 2.45) is 7.05 Å². The van der Waals surface area contributed by atoms with Gasteiger partial charge < -0.3 is 0 Å². The molecule has 0 aliphatic rings. The molecule has 0 atom stereocenters. The van der Waals surface area contributed by atoms with E-state index in [-0.39, 0.29) is 11.2 Å². The maximum Gasteiger partial charge on any atom is 0.175 e. The first-order valence-electron chi connectivity index (χ1n) is 5.70. The predicted octanol–water partition coefficient (Wildman–Crippen LogP) is 2.62. The summed E-state index contributed by atoms with van der Waals surface area (Å²) in [6.45, 7) is 0. The molecule has 2 rings (SSSR count). The van der Waals surface area contributed by atoms with Crippen molar-refractivity contribution in [3.8, 4) is 0 Å². The average Bonchev–Trinajstić information content (AvgIpc) is 2.81. The van der Waals surface area contributed by atoms with Gasteiger partial charge in [-0.05, 0) is 22.9 Å². The van der Waals surface area contributed by atoms with Gasteiger partial charge in [0.15, 0.2) is 5.82 Å². The highest BCUT2D eigenvalue weighted by molar-refractivity contribution is 9.09. The summed E-state index contributed by atoms with van der Waals surface area (Å²) in [5.41, 5.74) is 0.610. The van der Waals surface area contributed by atoms with Crippen molar-refractivity contribution in [3.63, 3.8) is 0 Å². The van der Waals surface area contributed by atoms with Gasteiger partial charge in [-0.2, -0.15) is 4.80 Å². The fourth-order valence-electron chi connectivity index (χ4n) is 1.90. The topological polar surface area (TPSA) is 43.6 Å². The van der Waals surface area contributed by atoms with Crippen molar-refractivity contribution in [3.05, 3.63) is 41.5 Å². The summed E-state index contributed by atoms with van der Waals surface area (Å²) in [4.78, 5) is 1.42. The summed E-state index contributed by atoms with van der Waals surface area (Å²) in [5.74, 6) is 0.404. The van der Waals surface area contributed by atoms with Gasteiger partial charge in [0.2, 0.25) is 0 Å². The Bertz CT molecular complexity index is 554. The molecule has 0 aliphatic carbocycles. The Morgan fingerprint density at radius 1 is 1.32 bits per heavy atom. The Morgan fingerprint density at radius 3 is 2.58 bits per heavy atom. The molecule has 0 saturated carbocycles. The highest BCUT2D eigenvalue weighted by Crippen LogP contribution is 2.32. The van der Waals surface area contributed by atoms with E-state index in [9.17, 15) is 4.39 Å². The smallest absolute Gasteiger partial charge is 0.175 e. The van der Waals surface area contributed by atoms with E-state index in [0.717, 1.165) is 5.56 Å². The number of halogens is 3. The Hall–Kier alpha value is -0.820. The maximum atomic E-state index is 13.4. The molecular weight excluding hydrogens is 379 g/mol. The van der Waals surface area contributed by atoms with Crippen molar-refractivity contribution >= 4 is 31.9 Å². The van der Waals surface area contributed by atoms with Gasteiger partial charge in [0.25, 0.3) is 0 Å². The third-order valence-electron chi connectivity index (χ3n) is 2.99. The van der Waals surface area contributed by atoms with E-state index < -0.39 is 0 Å². The van der Waals surface area contributed by atoms with Crippen LogP contribution in [0.25, 0.3) is 0 Å². The quantitative estimate of drug-likeness (QED) is 0.736. The standard InChI is InChI=1S/C12H13Br2FN4/c1-19-17-11(16-18-19)6-12(7-13,8-14)9-3-2-4-10(15)5-9/h2-5H,6-8H2,1H3. The van der Waals surface area contributed by atoms with Gasteiger partial charge >= 0.3 is 0 Å². The fraction of sp³-hybridized carbons (Fsp3) is 0.417. The molecule has 19 heavy (non-hydrogen) atoms. The van der Waals surface area contributed by atoms with E-state index in [1.54, 1.807) is 19.2 Å². The minimum atomic E-state index is -0.300. The Kier molecular flexibility index (Phi) is 4.67. The lowest BCUT2D eigenvalue weighted by molar-refractivity contribution is 0.523. The minimum Gasteiger partial charge on any atom is -0.207 e. The van der Waals surface area contributed by atoms with E-state index in [1.165, 1.54) is 10.9 Å². The highest BCUT2D eigenvalue weighted by atomic mass is 79.9. The average molecular weight is 392 g/mol. The molecule has 0 amide bonds. The summed E-state index contributed by atoms with van der Waals surface area (Å²) in [6.07, 6.45) is 0.584. The number of nitrogens with zero attached hydrogens (tertiary/aromatic N) is 4. The van der Waals surface area contributed by atoms with Crippen LogP contribution in [0.5, 0.6) is 0 Å². The zero-order valence-electron chi connectivity index (χ0n) is 10.4. The van der Waals surface area contributed by atoms with Crippen LogP contribution in [0.3, 0.4) is 0 Å². The monoisotopic (exact) mass is 390 g/mol. The van der Waals surface area contributed by atoms with E-state index >= 15 is 0 Å². The van der Waals surface area contributed by atoms with Crippen LogP contribution in [0.2, 0.25) is 0 Å². The van der Waals surface area contributed by atoms with Gasteiger partial charge in [0, 0.05) is 22.5 Å². The van der Waals surface area contributed by atoms with Gasteiger partial charge in [0.05, 0.1) is 7.05 Å². The van der Waals surface area contributed by atoms with Gasteiger partial charge in [0.1, 0.15) is 5.82 Å². The van der Waals surface area contributed by atoms with Crippen molar-refractivity contribution in [1.82, 2.24) is 20.2 Å². The molecule has 1 aromatic heterocycles. The number of hydrogen-bond donors (Lipinski definition) is 0. The molecule has 4 nitrogen and oxygen atoms in total. The van der Waals surface area contributed by atoms with Crippen molar-refractivity contribution < 1.29 is 4.39 Å². The number of tetrazole rings is 1. The van der Waals surface area contributed by atoms with Crippen molar-refractivity contribution in [1.29, 1.82) is 0 Å². The van der Waals surface area contributed by atoms with Crippen LogP contribution in [0.15, 0.2) is 24.3 Å². The molecule has 0 radical (unpaired) electrons. The molecule has 0 saturated heterocycles. The molecule has 0 N–H and O–H groups in total. The molecule has 0 unspecified atom stereocenters. The van der Waals surface area contributed by atoms with Crippen LogP contribution in [0, 0.1) is 5.82 Å². The van der Waals surface area contributed by atoms with Gasteiger partial charge in [-0.25, -0.2) is 4.39 Å². The van der Waals surface area contributed by atoms with E-state index in [2.05, 4.69) is 47.3 Å². The number of aromatic nitrogens is 4. The Balaban J connectivity index is 2.37. The third kappa shape index (κ3) is 3.20. The SMILES string of the molecule is Cn1nnc(CC(CBr)(CBr)c2cccc(F)c2)n1. The molecule has 2 aromatic rings. The Morgan fingerprint density at radius 2 is 2.05 bits per heavy atom. The predicted molar refractivity (Wildman–Crippen MR) is 78.2 cm³/mol. The molecule has 1 heterocycles. The van der Waals surface area contributed by atoms with E-state index in [0.29, 0.717) is 22.9 Å². The minimum absolute atomic E-state index is 0.240. The normalized spacial score (nSPS) is 11.8. The molecular formula is C12H13Br2FN4. The third-order valence-corrected chi connectivity index (χ3v) is 5.14. The van der Waals surface area contributed by atoms with Crippen molar-refractivity contribution in [2.45, 2.75) is 11.8 Å². The Labute approximate surface area is 127 Å². The fourth-order valence-corrected chi connectivity index (χ4v) is 3.87. The van der Waals surface area contributed by atoms with Gasteiger partial charge in [-0.1, -0.05) is 44.0 Å². The molecule has 0 aliphatic heterocycles. The number of aryl methyl sites for hydroxylation is 1. The molecule has 0 spiro atoms. The zero-order chi connectivity index (χ0) is 13.9. The van der Waals surface area contributed by atoms with Gasteiger partial charge in [-0.3, -0.25) is 0 Å². The second-order valence-corrected chi connectivity index (χ2v) is 5.55. The summed E-state index contributed by atoms with van der Waals surface area (Å²) in [5, 5.41) is 13.4. The lowest BCUT2D eigenvalue weighted by Crippen LogP contribution is -2.33. The highest BCUT2D eigenvalue weighted by Gasteiger charge is 2.32. The van der Waals surface area contributed by atoms with Crippen LogP contribution >= 0.6 is 31.9 Å². The van der Waals surface area contributed by atoms with Crippen LogP contribution < -0.4 is 0 Å². The number of hydrogen-bond acceptors (Lipinski definition) is 3. The summed E-state index contributed by atoms with van der Waals surface area (Å²) in [7, 11) is 1.72. The van der Waals surface area contributed by atoms with E-state index in [4.69, 9.17) is 0 Å². The first kappa shape index (κ1) is 14.6. The van der Waals surface area contributed by atoms with Crippen LogP contribution in [-0.2, 0) is 18.9 Å². The van der Waals surface area contributed by atoms with Crippen LogP contribution in [-0.4, -0.2) is 30.9 Å². The second-order valence-electron chi connectivity index (χ2n) is 4.43. The molecule has 1 aromatic carbocycles. The van der Waals surface area contributed by atoms with Crippen LogP contribution in [0.1, 0.15) is 11.4 Å². The lowest BCUT2D eigenvalue weighted by Gasteiger charge is -2.29. The first-order chi connectivity index (χ1) is 9.09. The molecule has 0 bridgehead atoms. The molecule has 102 valence electrons. The molecule has 7 heteroatoms. The summed E-state index contributed by atoms with van der Waals surface area (Å²) in [6, 6.07) is 6.63. The van der Waals surface area contributed by atoms with E-state index in [1.807, 2.05) is 6.07 Å². The zero-order valence-corrected chi connectivity index (χ0v) is 13.5. The summed E-state index contributed by atoms with van der Waals surface area (Å²) < 4.78 is 13.4. The second kappa shape index (κ2) is 6.09. The first-order valence-corrected chi connectivity index (χ1v) is 7.95. The maximum absolute atomic E-state index is 13.4.